The van der Waals surface area contributed by atoms with Crippen molar-refractivity contribution in [2.45, 2.75) is 19.9 Å². The maximum Gasteiger partial charge on any atom is 0.227 e. The summed E-state index contributed by atoms with van der Waals surface area (Å²) >= 11 is 0. The highest BCUT2D eigenvalue weighted by Gasteiger charge is 2.20. The number of hydrogen-bond donors (Lipinski definition) is 0. The summed E-state index contributed by atoms with van der Waals surface area (Å²) in [6.07, 6.45) is 6.15. The Morgan fingerprint density at radius 2 is 2.00 bits per heavy atom. The van der Waals surface area contributed by atoms with E-state index in [1.54, 1.807) is 0 Å². The fourth-order valence-corrected chi connectivity index (χ4v) is 3.01. The molecule has 0 N–H and O–H groups in total. The molecule has 5 nitrogen and oxygen atoms in total. The second kappa shape index (κ2) is 7.42. The van der Waals surface area contributed by atoms with Crippen LogP contribution in [-0.4, -0.2) is 58.0 Å². The number of benzene rings is 1. The van der Waals surface area contributed by atoms with Crippen LogP contribution in [0.4, 0.5) is 0 Å². The zero-order valence-corrected chi connectivity index (χ0v) is 13.7. The summed E-state index contributed by atoms with van der Waals surface area (Å²) < 4.78 is 2.09. The molecule has 0 bridgehead atoms. The molecule has 1 aromatic carbocycles. The second-order valence-corrected chi connectivity index (χ2v) is 6.19. The van der Waals surface area contributed by atoms with Crippen LogP contribution in [0.15, 0.2) is 43.0 Å². The van der Waals surface area contributed by atoms with E-state index in [0.717, 1.165) is 44.8 Å². The van der Waals surface area contributed by atoms with Crippen LogP contribution in [0.25, 0.3) is 0 Å². The Labute approximate surface area is 137 Å². The summed E-state index contributed by atoms with van der Waals surface area (Å²) in [7, 11) is 0. The number of carbonyl (C=O) groups excluding carboxylic acids is 1. The lowest BCUT2D eigenvalue weighted by Gasteiger charge is -2.34. The molecule has 0 atom stereocenters. The van der Waals surface area contributed by atoms with E-state index in [9.17, 15) is 4.79 Å². The molecule has 1 aliphatic heterocycles. The van der Waals surface area contributed by atoms with Gasteiger partial charge in [-0.25, -0.2) is 4.98 Å². The van der Waals surface area contributed by atoms with E-state index in [-0.39, 0.29) is 5.91 Å². The zero-order valence-electron chi connectivity index (χ0n) is 13.7. The highest BCUT2D eigenvalue weighted by atomic mass is 16.2. The van der Waals surface area contributed by atoms with Crippen molar-refractivity contribution in [1.82, 2.24) is 19.4 Å². The number of aromatic nitrogens is 2. The smallest absolute Gasteiger partial charge is 0.227 e. The largest absolute Gasteiger partial charge is 0.340 e. The van der Waals surface area contributed by atoms with E-state index in [1.165, 1.54) is 5.56 Å². The highest BCUT2D eigenvalue weighted by molar-refractivity contribution is 5.78. The van der Waals surface area contributed by atoms with Crippen molar-refractivity contribution >= 4 is 5.91 Å². The molecule has 0 aliphatic carbocycles. The van der Waals surface area contributed by atoms with Crippen molar-refractivity contribution < 1.29 is 4.79 Å². The minimum Gasteiger partial charge on any atom is -0.340 e. The lowest BCUT2D eigenvalue weighted by atomic mass is 10.1. The predicted molar refractivity (Wildman–Crippen MR) is 90.1 cm³/mol. The van der Waals surface area contributed by atoms with Gasteiger partial charge in [0.2, 0.25) is 5.91 Å². The molecule has 1 fully saturated rings. The van der Waals surface area contributed by atoms with E-state index in [1.807, 2.05) is 35.8 Å². The Kier molecular flexibility index (Phi) is 5.08. The Morgan fingerprint density at radius 1 is 1.17 bits per heavy atom. The average Bonchev–Trinajstić information content (AvgIpc) is 3.07. The quantitative estimate of drug-likeness (QED) is 0.842. The van der Waals surface area contributed by atoms with Crippen LogP contribution in [0.5, 0.6) is 0 Å². The number of aryl methyl sites for hydroxylation is 1. The number of piperazine rings is 1. The third kappa shape index (κ3) is 4.42. The Hall–Kier alpha value is -2.14. The molecule has 5 heteroatoms. The van der Waals surface area contributed by atoms with Crippen LogP contribution >= 0.6 is 0 Å². The van der Waals surface area contributed by atoms with Crippen LogP contribution in [0.1, 0.15) is 11.1 Å². The van der Waals surface area contributed by atoms with Crippen LogP contribution in [0.3, 0.4) is 0 Å². The van der Waals surface area contributed by atoms with Gasteiger partial charge >= 0.3 is 0 Å². The van der Waals surface area contributed by atoms with Gasteiger partial charge < -0.3 is 9.47 Å². The number of amides is 1. The van der Waals surface area contributed by atoms with Gasteiger partial charge in [0.15, 0.2) is 0 Å². The molecular formula is C18H24N4O. The predicted octanol–water partition coefficient (Wildman–Crippen LogP) is 1.58. The lowest BCUT2D eigenvalue weighted by Crippen LogP contribution is -2.49. The van der Waals surface area contributed by atoms with Crippen LogP contribution in [0.2, 0.25) is 0 Å². The number of rotatable bonds is 5. The number of imidazole rings is 1. The molecule has 0 radical (unpaired) electrons. The minimum atomic E-state index is 0.241. The third-order valence-electron chi connectivity index (χ3n) is 4.40. The summed E-state index contributed by atoms with van der Waals surface area (Å²) in [6.45, 7) is 7.59. The zero-order chi connectivity index (χ0) is 16.1. The van der Waals surface area contributed by atoms with E-state index >= 15 is 0 Å². The van der Waals surface area contributed by atoms with E-state index in [2.05, 4.69) is 33.5 Å². The maximum absolute atomic E-state index is 12.4. The topological polar surface area (TPSA) is 41.4 Å². The van der Waals surface area contributed by atoms with Crippen LogP contribution in [0, 0.1) is 6.92 Å². The van der Waals surface area contributed by atoms with Gasteiger partial charge in [-0.1, -0.05) is 29.8 Å². The van der Waals surface area contributed by atoms with Gasteiger partial charge in [0.05, 0.1) is 12.7 Å². The summed E-state index contributed by atoms with van der Waals surface area (Å²) in [5, 5.41) is 0. The van der Waals surface area contributed by atoms with E-state index < -0.39 is 0 Å². The average molecular weight is 312 g/mol. The normalized spacial score (nSPS) is 15.8. The SMILES string of the molecule is Cc1cccc(CC(=O)N2CCN(CCn3ccnc3)CC2)c1. The van der Waals surface area contributed by atoms with Crippen molar-refractivity contribution in [1.29, 1.82) is 0 Å². The fourth-order valence-electron chi connectivity index (χ4n) is 3.01. The van der Waals surface area contributed by atoms with Crippen molar-refractivity contribution in [3.8, 4) is 0 Å². The molecule has 1 amide bonds. The van der Waals surface area contributed by atoms with E-state index in [0.29, 0.717) is 6.42 Å². The van der Waals surface area contributed by atoms with Gasteiger partial charge in [-0.3, -0.25) is 9.69 Å². The standard InChI is InChI=1S/C18H24N4O/c1-16-3-2-4-17(13-16)14-18(23)22-11-9-20(10-12-22)7-8-21-6-5-19-15-21/h2-6,13,15H,7-12,14H2,1H3. The molecular weight excluding hydrogens is 288 g/mol. The number of carbonyl (C=O) groups is 1. The first-order chi connectivity index (χ1) is 11.2. The van der Waals surface area contributed by atoms with Gasteiger partial charge in [-0.05, 0) is 12.5 Å². The Balaban J connectivity index is 1.44. The summed E-state index contributed by atoms with van der Waals surface area (Å²) in [5.41, 5.74) is 2.32. The fraction of sp³-hybridized carbons (Fsp3) is 0.444. The molecule has 0 saturated carbocycles. The maximum atomic E-state index is 12.4. The molecule has 0 spiro atoms. The van der Waals surface area contributed by atoms with Gasteiger partial charge in [0.25, 0.3) is 0 Å². The van der Waals surface area contributed by atoms with Gasteiger partial charge in [-0.2, -0.15) is 0 Å². The first-order valence-corrected chi connectivity index (χ1v) is 8.22. The first kappa shape index (κ1) is 15.7. The molecule has 2 aromatic rings. The highest BCUT2D eigenvalue weighted by Crippen LogP contribution is 2.09. The summed E-state index contributed by atoms with van der Waals surface area (Å²) in [5.74, 6) is 0.241. The molecule has 2 heterocycles. The second-order valence-electron chi connectivity index (χ2n) is 6.19. The van der Waals surface area contributed by atoms with Gasteiger partial charge in [0, 0.05) is 51.7 Å². The molecule has 3 rings (SSSR count). The number of nitrogens with zero attached hydrogens (tertiary/aromatic N) is 4. The van der Waals surface area contributed by atoms with Crippen LogP contribution in [-0.2, 0) is 17.8 Å². The van der Waals surface area contributed by atoms with E-state index in [4.69, 9.17) is 0 Å². The third-order valence-corrected chi connectivity index (χ3v) is 4.40. The molecule has 122 valence electrons. The van der Waals surface area contributed by atoms with Crippen LogP contribution < -0.4 is 0 Å². The van der Waals surface area contributed by atoms with Gasteiger partial charge in [-0.15, -0.1) is 0 Å². The first-order valence-electron chi connectivity index (χ1n) is 8.22. The molecule has 0 unspecified atom stereocenters. The van der Waals surface area contributed by atoms with Crippen molar-refractivity contribution in [2.75, 3.05) is 32.7 Å². The van der Waals surface area contributed by atoms with Gasteiger partial charge in [0.1, 0.15) is 0 Å². The molecule has 23 heavy (non-hydrogen) atoms. The number of hydrogen-bond acceptors (Lipinski definition) is 3. The Morgan fingerprint density at radius 3 is 2.70 bits per heavy atom. The minimum absolute atomic E-state index is 0.241. The summed E-state index contributed by atoms with van der Waals surface area (Å²) in [4.78, 5) is 20.9. The summed E-state index contributed by atoms with van der Waals surface area (Å²) in [6, 6.07) is 8.21. The molecule has 1 aliphatic rings. The van der Waals surface area contributed by atoms with Crippen molar-refractivity contribution in [3.63, 3.8) is 0 Å². The Bertz CT molecular complexity index is 630. The molecule has 1 aromatic heterocycles. The van der Waals surface area contributed by atoms with Crippen molar-refractivity contribution in [2.24, 2.45) is 0 Å². The van der Waals surface area contributed by atoms with Crippen molar-refractivity contribution in [3.05, 3.63) is 54.1 Å². The molecule has 1 saturated heterocycles. The monoisotopic (exact) mass is 312 g/mol. The lowest BCUT2D eigenvalue weighted by molar-refractivity contribution is -0.132.